The second kappa shape index (κ2) is 10.3. The summed E-state index contributed by atoms with van der Waals surface area (Å²) in [6.45, 7) is 3.53. The number of rotatable bonds is 6. The molecule has 1 aliphatic heterocycles. The Kier molecular flexibility index (Phi) is 6.53. The van der Waals surface area contributed by atoms with E-state index in [4.69, 9.17) is 21.3 Å². The standard InChI is InChI=1S/C28H24ClN7O2/c1-17-25(32-10-9-31-17)19-2-3-22(24(29)13-19)23-12-20-14-33-28(34-21-6-11-38-16-21)35-26(20)36(27(23)37)15-18-4-7-30-8-5-18/h2-5,7-10,12-14,21H,6,11,15-16H2,1H3,(H,33,34,35)/t21-/m0/s1. The summed E-state index contributed by atoms with van der Waals surface area (Å²) in [6.07, 6.45) is 9.33. The number of nitrogens with one attached hydrogen (secondary N) is 1. The number of aryl methyl sites for hydroxylation is 1. The van der Waals surface area contributed by atoms with Crippen molar-refractivity contribution in [3.63, 3.8) is 0 Å². The van der Waals surface area contributed by atoms with Crippen LogP contribution in [0.3, 0.4) is 0 Å². The fourth-order valence-corrected chi connectivity index (χ4v) is 4.92. The summed E-state index contributed by atoms with van der Waals surface area (Å²) in [5.74, 6) is 0.463. The number of benzene rings is 1. The highest BCUT2D eigenvalue weighted by molar-refractivity contribution is 6.33. The van der Waals surface area contributed by atoms with Crippen molar-refractivity contribution >= 4 is 28.6 Å². The molecular weight excluding hydrogens is 502 g/mol. The number of halogens is 1. The van der Waals surface area contributed by atoms with Gasteiger partial charge in [0.05, 0.1) is 30.6 Å². The summed E-state index contributed by atoms with van der Waals surface area (Å²) < 4.78 is 7.12. The Morgan fingerprint density at radius 3 is 2.66 bits per heavy atom. The molecule has 38 heavy (non-hydrogen) atoms. The van der Waals surface area contributed by atoms with E-state index in [-0.39, 0.29) is 11.6 Å². The van der Waals surface area contributed by atoms with Crippen LogP contribution in [0, 0.1) is 6.92 Å². The minimum atomic E-state index is -0.200. The van der Waals surface area contributed by atoms with Gasteiger partial charge in [0.15, 0.2) is 0 Å². The van der Waals surface area contributed by atoms with Crippen molar-refractivity contribution in [3.05, 3.63) is 94.0 Å². The Hall–Kier alpha value is -4.21. The Bertz CT molecular complexity index is 1680. The summed E-state index contributed by atoms with van der Waals surface area (Å²) in [5.41, 5.74) is 4.73. The van der Waals surface area contributed by atoms with Crippen LogP contribution in [-0.4, -0.2) is 48.7 Å². The minimum absolute atomic E-state index is 0.141. The molecule has 6 rings (SSSR count). The van der Waals surface area contributed by atoms with Gasteiger partial charge >= 0.3 is 0 Å². The molecule has 10 heteroatoms. The van der Waals surface area contributed by atoms with E-state index in [0.717, 1.165) is 34.3 Å². The van der Waals surface area contributed by atoms with Crippen molar-refractivity contribution in [1.29, 1.82) is 0 Å². The lowest BCUT2D eigenvalue weighted by atomic mass is 10.0. The van der Waals surface area contributed by atoms with Crippen LogP contribution in [0.25, 0.3) is 33.4 Å². The number of nitrogens with zero attached hydrogens (tertiary/aromatic N) is 6. The van der Waals surface area contributed by atoms with Crippen LogP contribution in [0.4, 0.5) is 5.95 Å². The van der Waals surface area contributed by atoms with E-state index in [2.05, 4.69) is 25.3 Å². The number of hydrogen-bond donors (Lipinski definition) is 1. The fourth-order valence-electron chi connectivity index (χ4n) is 4.64. The number of pyridine rings is 2. The Morgan fingerprint density at radius 2 is 1.89 bits per heavy atom. The molecule has 4 aromatic heterocycles. The molecule has 0 radical (unpaired) electrons. The predicted octanol–water partition coefficient (Wildman–Crippen LogP) is 4.52. The first-order chi connectivity index (χ1) is 18.6. The van der Waals surface area contributed by atoms with Gasteiger partial charge in [0.25, 0.3) is 5.56 Å². The van der Waals surface area contributed by atoms with E-state index in [0.29, 0.717) is 47.5 Å². The van der Waals surface area contributed by atoms with Crippen LogP contribution < -0.4 is 10.9 Å². The summed E-state index contributed by atoms with van der Waals surface area (Å²) in [7, 11) is 0. The van der Waals surface area contributed by atoms with Crippen LogP contribution in [0.1, 0.15) is 17.7 Å². The van der Waals surface area contributed by atoms with Crippen molar-refractivity contribution < 1.29 is 4.74 Å². The highest BCUT2D eigenvalue weighted by atomic mass is 35.5. The maximum Gasteiger partial charge on any atom is 0.260 e. The van der Waals surface area contributed by atoms with Crippen LogP contribution in [0.15, 0.2) is 72.2 Å². The summed E-state index contributed by atoms with van der Waals surface area (Å²) >= 11 is 6.76. The lowest BCUT2D eigenvalue weighted by molar-refractivity contribution is 0.195. The fraction of sp³-hybridized carbons (Fsp3) is 0.214. The highest BCUT2D eigenvalue weighted by Crippen LogP contribution is 2.32. The number of hydrogen-bond acceptors (Lipinski definition) is 8. The average Bonchev–Trinajstić information content (AvgIpc) is 3.44. The second-order valence-corrected chi connectivity index (χ2v) is 9.57. The minimum Gasteiger partial charge on any atom is -0.379 e. The molecule has 0 saturated carbocycles. The third-order valence-corrected chi connectivity index (χ3v) is 6.91. The average molecular weight is 526 g/mol. The van der Waals surface area contributed by atoms with Gasteiger partial charge in [-0.05, 0) is 43.2 Å². The zero-order valence-corrected chi connectivity index (χ0v) is 21.4. The molecule has 0 aliphatic carbocycles. The molecule has 5 aromatic rings. The van der Waals surface area contributed by atoms with E-state index >= 15 is 0 Å². The maximum atomic E-state index is 14.0. The van der Waals surface area contributed by atoms with Crippen molar-refractivity contribution in [2.45, 2.75) is 25.9 Å². The highest BCUT2D eigenvalue weighted by Gasteiger charge is 2.19. The topological polar surface area (TPSA) is 108 Å². The number of fused-ring (bicyclic) bond motifs is 1. The van der Waals surface area contributed by atoms with E-state index in [9.17, 15) is 4.79 Å². The van der Waals surface area contributed by atoms with Gasteiger partial charge < -0.3 is 10.1 Å². The molecule has 1 saturated heterocycles. The number of ether oxygens (including phenoxy) is 1. The van der Waals surface area contributed by atoms with Crippen LogP contribution >= 0.6 is 11.6 Å². The van der Waals surface area contributed by atoms with Gasteiger partial charge in [-0.15, -0.1) is 0 Å². The zero-order chi connectivity index (χ0) is 26.1. The summed E-state index contributed by atoms with van der Waals surface area (Å²) in [5, 5.41) is 4.49. The van der Waals surface area contributed by atoms with E-state index < -0.39 is 0 Å². The van der Waals surface area contributed by atoms with Gasteiger partial charge in [0, 0.05) is 64.7 Å². The first-order valence-electron chi connectivity index (χ1n) is 12.3. The molecule has 1 aliphatic rings. The summed E-state index contributed by atoms with van der Waals surface area (Å²) in [6, 6.07) is 11.3. The zero-order valence-electron chi connectivity index (χ0n) is 20.6. The molecule has 0 unspecified atom stereocenters. The largest absolute Gasteiger partial charge is 0.379 e. The molecule has 1 N–H and O–H groups in total. The maximum absolute atomic E-state index is 14.0. The second-order valence-electron chi connectivity index (χ2n) is 9.17. The molecule has 0 amide bonds. The van der Waals surface area contributed by atoms with Crippen LogP contribution in [0.5, 0.6) is 0 Å². The number of anilines is 1. The van der Waals surface area contributed by atoms with E-state index in [1.54, 1.807) is 41.6 Å². The predicted molar refractivity (Wildman–Crippen MR) is 146 cm³/mol. The molecule has 9 nitrogen and oxygen atoms in total. The van der Waals surface area contributed by atoms with Gasteiger partial charge in [0.1, 0.15) is 5.65 Å². The van der Waals surface area contributed by atoms with Crippen LogP contribution in [0.2, 0.25) is 5.02 Å². The first kappa shape index (κ1) is 24.1. The van der Waals surface area contributed by atoms with Crippen molar-refractivity contribution in [2.75, 3.05) is 18.5 Å². The molecule has 0 spiro atoms. The van der Waals surface area contributed by atoms with Crippen molar-refractivity contribution in [1.82, 2.24) is 29.5 Å². The molecular formula is C28H24ClN7O2. The third-order valence-electron chi connectivity index (χ3n) is 6.59. The van der Waals surface area contributed by atoms with Gasteiger partial charge in [0.2, 0.25) is 5.95 Å². The first-order valence-corrected chi connectivity index (χ1v) is 12.7. The van der Waals surface area contributed by atoms with Gasteiger partial charge in [-0.25, -0.2) is 4.98 Å². The lowest BCUT2D eigenvalue weighted by Gasteiger charge is -2.16. The summed E-state index contributed by atoms with van der Waals surface area (Å²) in [4.78, 5) is 36.1. The Labute approximate surface area is 223 Å². The monoisotopic (exact) mass is 525 g/mol. The Balaban J connectivity index is 1.47. The molecule has 1 atom stereocenters. The molecule has 1 aromatic carbocycles. The normalized spacial score (nSPS) is 15.2. The van der Waals surface area contributed by atoms with Gasteiger partial charge in [-0.2, -0.15) is 4.98 Å². The van der Waals surface area contributed by atoms with E-state index in [1.165, 1.54) is 0 Å². The van der Waals surface area contributed by atoms with Gasteiger partial charge in [-0.1, -0.05) is 23.7 Å². The van der Waals surface area contributed by atoms with Crippen molar-refractivity contribution in [2.24, 2.45) is 0 Å². The number of aromatic nitrogens is 6. The SMILES string of the molecule is Cc1nccnc1-c1ccc(-c2cc3cnc(N[C@H]4CCOC4)nc3n(Cc3ccncc3)c2=O)c(Cl)c1. The lowest BCUT2D eigenvalue weighted by Crippen LogP contribution is -2.25. The van der Waals surface area contributed by atoms with Crippen LogP contribution in [-0.2, 0) is 11.3 Å². The molecule has 1 fully saturated rings. The molecule has 0 bridgehead atoms. The van der Waals surface area contributed by atoms with E-state index in [1.807, 2.05) is 37.3 Å². The third kappa shape index (κ3) is 4.73. The molecule has 190 valence electrons. The van der Waals surface area contributed by atoms with Crippen molar-refractivity contribution in [3.8, 4) is 22.4 Å². The smallest absolute Gasteiger partial charge is 0.260 e. The van der Waals surface area contributed by atoms with Gasteiger partial charge in [-0.3, -0.25) is 24.3 Å². The molecule has 5 heterocycles. The Morgan fingerprint density at radius 1 is 1.05 bits per heavy atom. The quantitative estimate of drug-likeness (QED) is 0.345.